The second kappa shape index (κ2) is 8.50. The fourth-order valence-corrected chi connectivity index (χ4v) is 4.67. The Morgan fingerprint density at radius 1 is 1.27 bits per heavy atom. The molecule has 1 saturated heterocycles. The normalized spacial score (nSPS) is 19.3. The number of nitrogens with zero attached hydrogens (tertiary/aromatic N) is 1. The van der Waals surface area contributed by atoms with Crippen LogP contribution in [0.4, 0.5) is 0 Å². The molecule has 7 heteroatoms. The molecule has 146 valence electrons. The minimum Gasteiger partial charge on any atom is -0.354 e. The maximum Gasteiger partial charge on any atom is 0.243 e. The molecule has 0 bridgehead atoms. The molecule has 2 rings (SSSR count). The number of nitrogens with two attached hydrogens (primary N) is 1. The molecule has 0 saturated carbocycles. The monoisotopic (exact) mass is 381 g/mol. The molecule has 1 aliphatic rings. The number of aryl methyl sites for hydroxylation is 1. The summed E-state index contributed by atoms with van der Waals surface area (Å²) in [6.07, 6.45) is 2.94. The van der Waals surface area contributed by atoms with Crippen molar-refractivity contribution in [1.82, 2.24) is 9.62 Å². The summed E-state index contributed by atoms with van der Waals surface area (Å²) >= 11 is 0. The minimum absolute atomic E-state index is 0.106. The fraction of sp³-hybridized carbons (Fsp3) is 0.632. The van der Waals surface area contributed by atoms with Gasteiger partial charge in [0.1, 0.15) is 0 Å². The topological polar surface area (TPSA) is 92.5 Å². The molecule has 0 aromatic heterocycles. The number of benzene rings is 1. The Morgan fingerprint density at radius 2 is 1.88 bits per heavy atom. The molecule has 1 aromatic carbocycles. The third kappa shape index (κ3) is 4.84. The smallest absolute Gasteiger partial charge is 0.243 e. The van der Waals surface area contributed by atoms with Gasteiger partial charge in [-0.05, 0) is 44.7 Å². The van der Waals surface area contributed by atoms with Crippen LogP contribution in [-0.4, -0.2) is 43.8 Å². The van der Waals surface area contributed by atoms with Crippen molar-refractivity contribution < 1.29 is 13.2 Å². The lowest BCUT2D eigenvalue weighted by molar-refractivity contribution is -0.126. The number of hydrogen-bond acceptors (Lipinski definition) is 4. The van der Waals surface area contributed by atoms with Crippen LogP contribution in [0.5, 0.6) is 0 Å². The van der Waals surface area contributed by atoms with Crippen LogP contribution in [0.1, 0.15) is 45.1 Å². The highest BCUT2D eigenvalue weighted by molar-refractivity contribution is 7.89. The van der Waals surface area contributed by atoms with E-state index < -0.39 is 15.6 Å². The molecule has 1 aliphatic heterocycles. The Kier molecular flexibility index (Phi) is 6.82. The second-order valence-corrected chi connectivity index (χ2v) is 9.24. The molecule has 1 amide bonds. The summed E-state index contributed by atoms with van der Waals surface area (Å²) in [6, 6.07) is 6.83. The van der Waals surface area contributed by atoms with Crippen molar-refractivity contribution in [2.75, 3.05) is 19.6 Å². The molecule has 1 heterocycles. The molecule has 3 N–H and O–H groups in total. The van der Waals surface area contributed by atoms with Gasteiger partial charge in [-0.1, -0.05) is 31.5 Å². The SMILES string of the molecule is CCC(N)(CC)CNC(=O)C1CCCN(S(=O)(=O)c2ccc(C)cc2)C1. The Labute approximate surface area is 157 Å². The number of carbonyl (C=O) groups is 1. The Morgan fingerprint density at radius 3 is 2.46 bits per heavy atom. The predicted molar refractivity (Wildman–Crippen MR) is 103 cm³/mol. The van der Waals surface area contributed by atoms with Crippen LogP contribution < -0.4 is 11.1 Å². The van der Waals surface area contributed by atoms with E-state index in [1.807, 2.05) is 20.8 Å². The van der Waals surface area contributed by atoms with Gasteiger partial charge in [-0.25, -0.2) is 8.42 Å². The van der Waals surface area contributed by atoms with Gasteiger partial charge in [0.15, 0.2) is 0 Å². The maximum absolute atomic E-state index is 12.9. The van der Waals surface area contributed by atoms with Crippen molar-refractivity contribution in [3.63, 3.8) is 0 Å². The van der Waals surface area contributed by atoms with Gasteiger partial charge in [0.25, 0.3) is 0 Å². The first-order valence-electron chi connectivity index (χ1n) is 9.35. The predicted octanol–water partition coefficient (Wildman–Crippen LogP) is 2.03. The number of sulfonamides is 1. The third-order valence-corrected chi connectivity index (χ3v) is 7.32. The zero-order valence-corrected chi connectivity index (χ0v) is 16.8. The minimum atomic E-state index is -3.57. The molecular weight excluding hydrogens is 350 g/mol. The highest BCUT2D eigenvalue weighted by Gasteiger charge is 2.33. The molecule has 0 spiro atoms. The molecule has 26 heavy (non-hydrogen) atoms. The van der Waals surface area contributed by atoms with E-state index in [4.69, 9.17) is 5.73 Å². The van der Waals surface area contributed by atoms with Crippen molar-refractivity contribution in [2.45, 2.75) is 56.9 Å². The van der Waals surface area contributed by atoms with Gasteiger partial charge in [0, 0.05) is 25.2 Å². The molecule has 1 unspecified atom stereocenters. The zero-order valence-electron chi connectivity index (χ0n) is 16.0. The lowest BCUT2D eigenvalue weighted by Crippen LogP contribution is -2.52. The van der Waals surface area contributed by atoms with Crippen molar-refractivity contribution >= 4 is 15.9 Å². The van der Waals surface area contributed by atoms with E-state index in [-0.39, 0.29) is 23.3 Å². The number of carbonyl (C=O) groups excluding carboxylic acids is 1. The Hall–Kier alpha value is -1.44. The average molecular weight is 382 g/mol. The van der Waals surface area contributed by atoms with E-state index in [0.29, 0.717) is 25.9 Å². The van der Waals surface area contributed by atoms with Crippen LogP contribution in [0, 0.1) is 12.8 Å². The summed E-state index contributed by atoms with van der Waals surface area (Å²) in [6.45, 7) is 7.02. The van der Waals surface area contributed by atoms with Crippen LogP contribution in [-0.2, 0) is 14.8 Å². The van der Waals surface area contributed by atoms with Gasteiger partial charge < -0.3 is 11.1 Å². The molecule has 1 fully saturated rings. The third-order valence-electron chi connectivity index (χ3n) is 5.44. The first kappa shape index (κ1) is 20.9. The number of amides is 1. The van der Waals surface area contributed by atoms with Gasteiger partial charge in [-0.15, -0.1) is 0 Å². The summed E-state index contributed by atoms with van der Waals surface area (Å²) in [5.41, 5.74) is 6.84. The van der Waals surface area contributed by atoms with Gasteiger partial charge in [-0.3, -0.25) is 4.79 Å². The largest absolute Gasteiger partial charge is 0.354 e. The van der Waals surface area contributed by atoms with Crippen LogP contribution in [0.15, 0.2) is 29.2 Å². The van der Waals surface area contributed by atoms with Gasteiger partial charge >= 0.3 is 0 Å². The zero-order chi connectivity index (χ0) is 19.4. The first-order chi connectivity index (χ1) is 12.2. The summed E-state index contributed by atoms with van der Waals surface area (Å²) in [7, 11) is -3.57. The van der Waals surface area contributed by atoms with Gasteiger partial charge in [0.05, 0.1) is 10.8 Å². The fourth-order valence-electron chi connectivity index (χ4n) is 3.14. The first-order valence-corrected chi connectivity index (χ1v) is 10.8. The Bertz CT molecular complexity index is 712. The number of nitrogens with one attached hydrogen (secondary N) is 1. The summed E-state index contributed by atoms with van der Waals surface area (Å²) in [5, 5.41) is 2.93. The molecule has 6 nitrogen and oxygen atoms in total. The number of piperidine rings is 1. The summed E-state index contributed by atoms with van der Waals surface area (Å²) < 4.78 is 27.1. The Balaban J connectivity index is 2.04. The van der Waals surface area contributed by atoms with Crippen molar-refractivity contribution in [2.24, 2.45) is 11.7 Å². The van der Waals surface area contributed by atoms with Gasteiger partial charge in [-0.2, -0.15) is 4.31 Å². The quantitative estimate of drug-likeness (QED) is 0.756. The summed E-state index contributed by atoms with van der Waals surface area (Å²) in [4.78, 5) is 12.8. The number of hydrogen-bond donors (Lipinski definition) is 2. The van der Waals surface area contributed by atoms with Crippen LogP contribution >= 0.6 is 0 Å². The van der Waals surface area contributed by atoms with Crippen LogP contribution in [0.3, 0.4) is 0 Å². The lowest BCUT2D eigenvalue weighted by atomic mass is 9.93. The van der Waals surface area contributed by atoms with E-state index in [1.165, 1.54) is 4.31 Å². The standard InChI is InChI=1S/C19H31N3O3S/c1-4-19(20,5-2)14-21-18(23)16-7-6-12-22(13-16)26(24,25)17-10-8-15(3)9-11-17/h8-11,16H,4-7,12-14,20H2,1-3H3,(H,21,23). The number of rotatable bonds is 7. The van der Waals surface area contributed by atoms with E-state index in [0.717, 1.165) is 18.4 Å². The highest BCUT2D eigenvalue weighted by atomic mass is 32.2. The maximum atomic E-state index is 12.9. The molecule has 1 atom stereocenters. The lowest BCUT2D eigenvalue weighted by Gasteiger charge is -2.33. The van der Waals surface area contributed by atoms with Gasteiger partial charge in [0.2, 0.25) is 15.9 Å². The van der Waals surface area contributed by atoms with Crippen LogP contribution in [0.25, 0.3) is 0 Å². The van der Waals surface area contributed by atoms with E-state index >= 15 is 0 Å². The molecule has 1 aromatic rings. The highest BCUT2D eigenvalue weighted by Crippen LogP contribution is 2.24. The second-order valence-electron chi connectivity index (χ2n) is 7.30. The van der Waals surface area contributed by atoms with E-state index in [9.17, 15) is 13.2 Å². The molecule has 0 aliphatic carbocycles. The van der Waals surface area contributed by atoms with E-state index in [2.05, 4.69) is 5.32 Å². The average Bonchev–Trinajstić information content (AvgIpc) is 2.66. The summed E-state index contributed by atoms with van der Waals surface area (Å²) in [5.74, 6) is -0.438. The van der Waals surface area contributed by atoms with Crippen molar-refractivity contribution in [3.8, 4) is 0 Å². The molecular formula is C19H31N3O3S. The van der Waals surface area contributed by atoms with Crippen molar-refractivity contribution in [3.05, 3.63) is 29.8 Å². The van der Waals surface area contributed by atoms with E-state index in [1.54, 1.807) is 24.3 Å². The van der Waals surface area contributed by atoms with Crippen molar-refractivity contribution in [1.29, 1.82) is 0 Å². The van der Waals surface area contributed by atoms with Crippen LogP contribution in [0.2, 0.25) is 0 Å². The molecule has 0 radical (unpaired) electrons.